The van der Waals surface area contributed by atoms with Gasteiger partial charge in [0.15, 0.2) is 0 Å². The van der Waals surface area contributed by atoms with E-state index in [1.165, 1.54) is 21.8 Å². The maximum Gasteiger partial charge on any atom is 0.0641 e. The van der Waals surface area contributed by atoms with E-state index in [4.69, 9.17) is 17.3 Å². The van der Waals surface area contributed by atoms with Crippen LogP contribution in [-0.4, -0.2) is 4.57 Å². The largest absolute Gasteiger partial charge is 0.397 e. The number of aromatic nitrogens is 1. The summed E-state index contributed by atoms with van der Waals surface area (Å²) < 4.78 is 2.30. The number of nitrogens with zero attached hydrogens (tertiary/aromatic N) is 1. The lowest BCUT2D eigenvalue weighted by atomic mass is 10.0. The number of hydrogen-bond acceptors (Lipinski definition) is 1. The van der Waals surface area contributed by atoms with Crippen molar-refractivity contribution in [1.29, 1.82) is 0 Å². The number of para-hydroxylation sites is 3. The Morgan fingerprint density at radius 3 is 2.26 bits per heavy atom. The fraction of sp³-hybridized carbons (Fsp3) is 0. The van der Waals surface area contributed by atoms with Crippen LogP contribution in [0.15, 0.2) is 91.0 Å². The molecule has 0 bridgehead atoms. The highest BCUT2D eigenvalue weighted by Crippen LogP contribution is 2.37. The van der Waals surface area contributed by atoms with E-state index in [2.05, 4.69) is 71.3 Å². The molecule has 27 heavy (non-hydrogen) atoms. The van der Waals surface area contributed by atoms with Gasteiger partial charge < -0.3 is 10.3 Å². The molecule has 4 aromatic carbocycles. The van der Waals surface area contributed by atoms with Gasteiger partial charge in [-0.3, -0.25) is 0 Å². The summed E-state index contributed by atoms with van der Waals surface area (Å²) in [5, 5.41) is 3.00. The van der Waals surface area contributed by atoms with E-state index in [9.17, 15) is 0 Å². The maximum atomic E-state index is 6.23. The molecule has 0 aliphatic heterocycles. The zero-order valence-corrected chi connectivity index (χ0v) is 15.3. The first-order chi connectivity index (χ1) is 13.2. The molecule has 2 N–H and O–H groups in total. The molecule has 130 valence electrons. The minimum atomic E-state index is 0.583. The van der Waals surface area contributed by atoms with Crippen molar-refractivity contribution in [2.24, 2.45) is 0 Å². The van der Waals surface area contributed by atoms with Crippen LogP contribution in [0.4, 0.5) is 5.69 Å². The van der Waals surface area contributed by atoms with Crippen LogP contribution in [0.1, 0.15) is 0 Å². The lowest BCUT2D eigenvalue weighted by Crippen LogP contribution is -1.93. The monoisotopic (exact) mass is 368 g/mol. The van der Waals surface area contributed by atoms with Crippen LogP contribution in [-0.2, 0) is 0 Å². The van der Waals surface area contributed by atoms with Crippen LogP contribution in [0.5, 0.6) is 0 Å². The zero-order chi connectivity index (χ0) is 18.4. The van der Waals surface area contributed by atoms with E-state index in [1.807, 2.05) is 24.3 Å². The first kappa shape index (κ1) is 16.0. The SMILES string of the molecule is Nc1c(Cl)cccc1-c1ccc2c(c1)c1ccccc1n2-c1ccccc1. The zero-order valence-electron chi connectivity index (χ0n) is 14.6. The third-order valence-electron chi connectivity index (χ3n) is 5.05. The molecule has 5 aromatic rings. The third-order valence-corrected chi connectivity index (χ3v) is 5.38. The summed E-state index contributed by atoms with van der Waals surface area (Å²) >= 11 is 6.23. The van der Waals surface area contributed by atoms with Gasteiger partial charge in [-0.15, -0.1) is 0 Å². The van der Waals surface area contributed by atoms with Crippen molar-refractivity contribution in [2.75, 3.05) is 5.73 Å². The van der Waals surface area contributed by atoms with Crippen molar-refractivity contribution in [2.45, 2.75) is 0 Å². The average molecular weight is 369 g/mol. The number of anilines is 1. The minimum absolute atomic E-state index is 0.583. The molecule has 2 nitrogen and oxygen atoms in total. The van der Waals surface area contributed by atoms with Crippen LogP contribution in [0, 0.1) is 0 Å². The van der Waals surface area contributed by atoms with Gasteiger partial charge in [0.1, 0.15) is 0 Å². The molecule has 0 saturated carbocycles. The van der Waals surface area contributed by atoms with Gasteiger partial charge in [-0.1, -0.05) is 66.2 Å². The van der Waals surface area contributed by atoms with Gasteiger partial charge in [-0.05, 0) is 42.0 Å². The van der Waals surface area contributed by atoms with Crippen molar-refractivity contribution in [3.8, 4) is 16.8 Å². The van der Waals surface area contributed by atoms with E-state index in [0.29, 0.717) is 10.7 Å². The quantitative estimate of drug-likeness (QED) is 0.346. The fourth-order valence-electron chi connectivity index (χ4n) is 3.78. The maximum absolute atomic E-state index is 6.23. The number of nitrogen functional groups attached to an aromatic ring is 1. The number of halogens is 1. The molecule has 0 aliphatic rings. The molecule has 0 unspecified atom stereocenters. The van der Waals surface area contributed by atoms with Gasteiger partial charge in [0, 0.05) is 22.0 Å². The predicted octanol–water partition coefficient (Wildman–Crippen LogP) is 6.69. The number of fused-ring (bicyclic) bond motifs is 3. The van der Waals surface area contributed by atoms with Crippen molar-refractivity contribution in [1.82, 2.24) is 4.57 Å². The normalized spacial score (nSPS) is 11.3. The van der Waals surface area contributed by atoms with Gasteiger partial charge in [0.05, 0.1) is 21.7 Å². The number of rotatable bonds is 2. The topological polar surface area (TPSA) is 30.9 Å². The summed E-state index contributed by atoms with van der Waals surface area (Å²) in [5.74, 6) is 0. The lowest BCUT2D eigenvalue weighted by Gasteiger charge is -2.09. The average Bonchev–Trinajstić information content (AvgIpc) is 3.04. The highest BCUT2D eigenvalue weighted by molar-refractivity contribution is 6.33. The van der Waals surface area contributed by atoms with E-state index < -0.39 is 0 Å². The molecule has 0 saturated heterocycles. The highest BCUT2D eigenvalue weighted by atomic mass is 35.5. The highest BCUT2D eigenvalue weighted by Gasteiger charge is 2.14. The Morgan fingerprint density at radius 1 is 0.667 bits per heavy atom. The second kappa shape index (κ2) is 6.19. The summed E-state index contributed by atoms with van der Waals surface area (Å²) in [6.45, 7) is 0. The number of nitrogens with two attached hydrogens (primary N) is 1. The van der Waals surface area contributed by atoms with E-state index in [1.54, 1.807) is 0 Å². The first-order valence-corrected chi connectivity index (χ1v) is 9.25. The van der Waals surface area contributed by atoms with Crippen LogP contribution in [0.2, 0.25) is 5.02 Å². The number of benzene rings is 4. The molecular weight excluding hydrogens is 352 g/mol. The molecule has 3 heteroatoms. The molecule has 0 fully saturated rings. The van der Waals surface area contributed by atoms with E-state index in [-0.39, 0.29) is 0 Å². The van der Waals surface area contributed by atoms with Crippen LogP contribution in [0.25, 0.3) is 38.6 Å². The van der Waals surface area contributed by atoms with Gasteiger partial charge in [-0.25, -0.2) is 0 Å². The Labute approximate surface area is 162 Å². The smallest absolute Gasteiger partial charge is 0.0641 e. The Morgan fingerprint density at radius 2 is 1.41 bits per heavy atom. The predicted molar refractivity (Wildman–Crippen MR) is 116 cm³/mol. The second-order valence-electron chi connectivity index (χ2n) is 6.62. The lowest BCUT2D eigenvalue weighted by molar-refractivity contribution is 1.18. The van der Waals surface area contributed by atoms with Crippen molar-refractivity contribution < 1.29 is 0 Å². The molecule has 0 aliphatic carbocycles. The van der Waals surface area contributed by atoms with Gasteiger partial charge >= 0.3 is 0 Å². The van der Waals surface area contributed by atoms with Crippen LogP contribution >= 0.6 is 11.6 Å². The summed E-state index contributed by atoms with van der Waals surface area (Å²) in [5.41, 5.74) is 12.4. The Kier molecular flexibility index (Phi) is 3.66. The minimum Gasteiger partial charge on any atom is -0.397 e. The molecule has 5 rings (SSSR count). The third kappa shape index (κ3) is 2.49. The van der Waals surface area contributed by atoms with E-state index in [0.717, 1.165) is 16.8 Å². The standard InChI is InChI=1S/C24H17ClN2/c25-21-11-6-10-18(24(21)26)16-13-14-23-20(15-16)19-9-4-5-12-22(19)27(23)17-7-2-1-3-8-17/h1-15H,26H2. The van der Waals surface area contributed by atoms with E-state index >= 15 is 0 Å². The molecular formula is C24H17ClN2. The van der Waals surface area contributed by atoms with Crippen molar-refractivity contribution in [3.05, 3.63) is 96.0 Å². The second-order valence-corrected chi connectivity index (χ2v) is 7.03. The van der Waals surface area contributed by atoms with Gasteiger partial charge in [0.2, 0.25) is 0 Å². The fourth-order valence-corrected chi connectivity index (χ4v) is 3.96. The summed E-state index contributed by atoms with van der Waals surface area (Å²) in [6, 6.07) is 31.2. The van der Waals surface area contributed by atoms with Crippen LogP contribution < -0.4 is 5.73 Å². The Hall–Kier alpha value is -3.23. The van der Waals surface area contributed by atoms with Gasteiger partial charge in [0.25, 0.3) is 0 Å². The summed E-state index contributed by atoms with van der Waals surface area (Å²) in [6.07, 6.45) is 0. The van der Waals surface area contributed by atoms with Crippen molar-refractivity contribution >= 4 is 39.1 Å². The molecule has 0 atom stereocenters. The summed E-state index contributed by atoms with van der Waals surface area (Å²) in [4.78, 5) is 0. The molecule has 1 aromatic heterocycles. The van der Waals surface area contributed by atoms with Crippen LogP contribution in [0.3, 0.4) is 0 Å². The molecule has 0 spiro atoms. The Balaban J connectivity index is 1.85. The molecule has 0 amide bonds. The first-order valence-electron chi connectivity index (χ1n) is 8.87. The van der Waals surface area contributed by atoms with Crippen molar-refractivity contribution in [3.63, 3.8) is 0 Å². The summed E-state index contributed by atoms with van der Waals surface area (Å²) in [7, 11) is 0. The Bertz CT molecular complexity index is 1290. The molecule has 0 radical (unpaired) electrons. The van der Waals surface area contributed by atoms with Gasteiger partial charge in [-0.2, -0.15) is 0 Å². The molecule has 1 heterocycles. The number of hydrogen-bond donors (Lipinski definition) is 1.